The second-order valence-corrected chi connectivity index (χ2v) is 6.50. The molecule has 1 aliphatic rings. The van der Waals surface area contributed by atoms with E-state index < -0.39 is 0 Å². The van der Waals surface area contributed by atoms with Gasteiger partial charge < -0.3 is 10.1 Å². The summed E-state index contributed by atoms with van der Waals surface area (Å²) in [5.74, 6) is 0.794. The summed E-state index contributed by atoms with van der Waals surface area (Å²) in [6.45, 7) is 2.01. The Morgan fingerprint density at radius 1 is 1.12 bits per heavy atom. The molecule has 4 heteroatoms. The normalized spacial score (nSPS) is 20.4. The van der Waals surface area contributed by atoms with Crippen LogP contribution in [0.4, 0.5) is 0 Å². The highest BCUT2D eigenvalue weighted by molar-refractivity contribution is 5.78. The molecule has 1 amide bonds. The second kappa shape index (κ2) is 7.95. The Bertz CT molecular complexity index is 647. The van der Waals surface area contributed by atoms with Crippen LogP contribution in [0.2, 0.25) is 0 Å². The van der Waals surface area contributed by atoms with Crippen LogP contribution in [0.25, 0.3) is 0 Å². The van der Waals surface area contributed by atoms with Gasteiger partial charge in [-0.1, -0.05) is 36.4 Å². The van der Waals surface area contributed by atoms with Gasteiger partial charge >= 0.3 is 0 Å². The van der Waals surface area contributed by atoms with E-state index in [1.165, 1.54) is 0 Å². The highest BCUT2D eigenvalue weighted by Crippen LogP contribution is 2.23. The minimum absolute atomic E-state index is 0.103. The Kier molecular flexibility index (Phi) is 5.47. The van der Waals surface area contributed by atoms with E-state index >= 15 is 0 Å². The molecule has 1 saturated carbocycles. The fourth-order valence-electron chi connectivity index (χ4n) is 3.08. The number of carbonyl (C=O) groups is 1. The van der Waals surface area contributed by atoms with Gasteiger partial charge in [-0.15, -0.1) is 0 Å². The number of hydrogen-bond acceptors (Lipinski definition) is 3. The average molecular weight is 324 g/mol. The molecule has 1 N–H and O–H groups in total. The molecule has 1 heterocycles. The van der Waals surface area contributed by atoms with Crippen LogP contribution in [0.5, 0.6) is 5.88 Å². The predicted octanol–water partition coefficient (Wildman–Crippen LogP) is 3.44. The topological polar surface area (TPSA) is 51.2 Å². The van der Waals surface area contributed by atoms with Crippen molar-refractivity contribution in [3.05, 3.63) is 59.8 Å². The largest absolute Gasteiger partial charge is 0.474 e. The zero-order valence-electron chi connectivity index (χ0n) is 14.1. The van der Waals surface area contributed by atoms with Crippen molar-refractivity contribution < 1.29 is 9.53 Å². The maximum atomic E-state index is 12.1. The molecule has 0 saturated heterocycles. The number of aryl methyl sites for hydroxylation is 1. The Morgan fingerprint density at radius 3 is 2.54 bits per heavy atom. The van der Waals surface area contributed by atoms with Crippen LogP contribution in [0, 0.1) is 6.92 Å². The van der Waals surface area contributed by atoms with Gasteiger partial charge in [-0.2, -0.15) is 0 Å². The number of amides is 1. The third-order valence-electron chi connectivity index (χ3n) is 4.42. The van der Waals surface area contributed by atoms with Gasteiger partial charge in [0, 0.05) is 18.3 Å². The molecular formula is C20H24N2O2. The molecule has 2 aromatic rings. The van der Waals surface area contributed by atoms with Gasteiger partial charge in [0.15, 0.2) is 0 Å². The molecule has 1 aliphatic carbocycles. The predicted molar refractivity (Wildman–Crippen MR) is 93.9 cm³/mol. The molecule has 0 unspecified atom stereocenters. The molecule has 4 nitrogen and oxygen atoms in total. The van der Waals surface area contributed by atoms with E-state index in [9.17, 15) is 4.79 Å². The van der Waals surface area contributed by atoms with Gasteiger partial charge in [0.1, 0.15) is 6.10 Å². The Labute approximate surface area is 143 Å². The summed E-state index contributed by atoms with van der Waals surface area (Å²) < 4.78 is 5.94. The molecule has 0 bridgehead atoms. The second-order valence-electron chi connectivity index (χ2n) is 6.50. The number of nitrogens with one attached hydrogen (secondary N) is 1. The SMILES string of the molecule is Cc1ccc(OC2CCC(NC(=O)Cc3ccccc3)CC2)nc1. The van der Waals surface area contributed by atoms with Crippen molar-refractivity contribution in [2.75, 3.05) is 0 Å². The Hall–Kier alpha value is -2.36. The minimum atomic E-state index is 0.103. The molecule has 126 valence electrons. The van der Waals surface area contributed by atoms with Crippen molar-refractivity contribution in [2.24, 2.45) is 0 Å². The zero-order valence-corrected chi connectivity index (χ0v) is 14.1. The van der Waals surface area contributed by atoms with Crippen molar-refractivity contribution in [1.29, 1.82) is 0 Å². The molecule has 0 spiro atoms. The first-order chi connectivity index (χ1) is 11.7. The molecule has 0 atom stereocenters. The number of ether oxygens (including phenoxy) is 1. The fraction of sp³-hybridized carbons (Fsp3) is 0.400. The van der Waals surface area contributed by atoms with Gasteiger partial charge in [-0.05, 0) is 43.7 Å². The maximum absolute atomic E-state index is 12.1. The van der Waals surface area contributed by atoms with Crippen LogP contribution in [0.3, 0.4) is 0 Å². The first-order valence-corrected chi connectivity index (χ1v) is 8.61. The number of hydrogen-bond donors (Lipinski definition) is 1. The van der Waals surface area contributed by atoms with Gasteiger partial charge in [-0.3, -0.25) is 4.79 Å². The molecular weight excluding hydrogens is 300 g/mol. The molecule has 1 fully saturated rings. The van der Waals surface area contributed by atoms with Crippen LogP contribution in [-0.4, -0.2) is 23.0 Å². The summed E-state index contributed by atoms with van der Waals surface area (Å²) >= 11 is 0. The lowest BCUT2D eigenvalue weighted by molar-refractivity contribution is -0.121. The van der Waals surface area contributed by atoms with Crippen LogP contribution < -0.4 is 10.1 Å². The minimum Gasteiger partial charge on any atom is -0.474 e. The van der Waals surface area contributed by atoms with E-state index in [0.29, 0.717) is 12.3 Å². The number of nitrogens with zero attached hydrogens (tertiary/aromatic N) is 1. The molecule has 0 radical (unpaired) electrons. The number of benzene rings is 1. The molecule has 24 heavy (non-hydrogen) atoms. The quantitative estimate of drug-likeness (QED) is 0.916. The van der Waals surface area contributed by atoms with E-state index in [1.807, 2.05) is 55.6 Å². The first kappa shape index (κ1) is 16.5. The molecule has 0 aliphatic heterocycles. The average Bonchev–Trinajstić information content (AvgIpc) is 2.59. The summed E-state index contributed by atoms with van der Waals surface area (Å²) in [6, 6.07) is 14.0. The van der Waals surface area contributed by atoms with E-state index in [2.05, 4.69) is 10.3 Å². The summed E-state index contributed by atoms with van der Waals surface area (Å²) in [5.41, 5.74) is 2.18. The lowest BCUT2D eigenvalue weighted by atomic mass is 9.92. The lowest BCUT2D eigenvalue weighted by Crippen LogP contribution is -2.40. The van der Waals surface area contributed by atoms with Crippen LogP contribution >= 0.6 is 0 Å². The van der Waals surface area contributed by atoms with Crippen molar-refractivity contribution in [1.82, 2.24) is 10.3 Å². The van der Waals surface area contributed by atoms with Crippen LogP contribution in [-0.2, 0) is 11.2 Å². The number of pyridine rings is 1. The van der Waals surface area contributed by atoms with E-state index in [-0.39, 0.29) is 18.1 Å². The third kappa shape index (κ3) is 4.82. The van der Waals surface area contributed by atoms with Gasteiger partial charge in [0.25, 0.3) is 0 Å². The monoisotopic (exact) mass is 324 g/mol. The van der Waals surface area contributed by atoms with Crippen molar-refractivity contribution in [3.63, 3.8) is 0 Å². The molecule has 1 aromatic carbocycles. The Morgan fingerprint density at radius 2 is 1.88 bits per heavy atom. The number of rotatable bonds is 5. The first-order valence-electron chi connectivity index (χ1n) is 8.61. The number of aromatic nitrogens is 1. The van der Waals surface area contributed by atoms with E-state index in [4.69, 9.17) is 4.74 Å². The fourth-order valence-corrected chi connectivity index (χ4v) is 3.08. The maximum Gasteiger partial charge on any atom is 0.224 e. The van der Waals surface area contributed by atoms with E-state index in [0.717, 1.165) is 36.8 Å². The van der Waals surface area contributed by atoms with Gasteiger partial charge in [-0.25, -0.2) is 4.98 Å². The van der Waals surface area contributed by atoms with Gasteiger partial charge in [0.2, 0.25) is 11.8 Å². The van der Waals surface area contributed by atoms with Crippen molar-refractivity contribution in [2.45, 2.75) is 51.2 Å². The molecule has 1 aromatic heterocycles. The van der Waals surface area contributed by atoms with Crippen LogP contribution in [0.15, 0.2) is 48.7 Å². The zero-order chi connectivity index (χ0) is 16.8. The highest BCUT2D eigenvalue weighted by Gasteiger charge is 2.23. The van der Waals surface area contributed by atoms with E-state index in [1.54, 1.807) is 0 Å². The summed E-state index contributed by atoms with van der Waals surface area (Å²) in [4.78, 5) is 16.4. The standard InChI is InChI=1S/C20H24N2O2/c1-15-7-12-20(21-14-15)24-18-10-8-17(9-11-18)22-19(23)13-16-5-3-2-4-6-16/h2-7,12,14,17-18H,8-11,13H2,1H3,(H,22,23). The summed E-state index contributed by atoms with van der Waals surface area (Å²) in [6.07, 6.45) is 6.28. The number of carbonyl (C=O) groups excluding carboxylic acids is 1. The smallest absolute Gasteiger partial charge is 0.224 e. The van der Waals surface area contributed by atoms with Crippen LogP contribution in [0.1, 0.15) is 36.8 Å². The summed E-state index contributed by atoms with van der Waals surface area (Å²) in [7, 11) is 0. The lowest BCUT2D eigenvalue weighted by Gasteiger charge is -2.29. The van der Waals surface area contributed by atoms with Gasteiger partial charge in [0.05, 0.1) is 6.42 Å². The third-order valence-corrected chi connectivity index (χ3v) is 4.42. The highest BCUT2D eigenvalue weighted by atomic mass is 16.5. The molecule has 3 rings (SSSR count). The van der Waals surface area contributed by atoms with Crippen molar-refractivity contribution in [3.8, 4) is 5.88 Å². The Balaban J connectivity index is 1.41. The summed E-state index contributed by atoms with van der Waals surface area (Å²) in [5, 5.41) is 3.15. The van der Waals surface area contributed by atoms with Crippen molar-refractivity contribution >= 4 is 5.91 Å².